The minimum absolute atomic E-state index is 0.653. The maximum Gasteiger partial charge on any atom is 0.119 e. The van der Waals surface area contributed by atoms with Gasteiger partial charge in [0.2, 0.25) is 0 Å². The van der Waals surface area contributed by atoms with E-state index in [4.69, 9.17) is 4.74 Å². The number of nitrogens with zero attached hydrogens (tertiary/aromatic N) is 2. The molecule has 0 aromatic carbocycles. The molecule has 0 fully saturated rings. The molecule has 2 rings (SSSR count). The second-order valence-corrected chi connectivity index (χ2v) is 3.70. The Kier molecular flexibility index (Phi) is 2.42. The number of hydrogen-bond acceptors (Lipinski definition) is 3. The fourth-order valence-corrected chi connectivity index (χ4v) is 1.97. The van der Waals surface area contributed by atoms with Gasteiger partial charge >= 0.3 is 0 Å². The van der Waals surface area contributed by atoms with Crippen LogP contribution >= 0.6 is 11.3 Å². The van der Waals surface area contributed by atoms with E-state index < -0.39 is 0 Å². The zero-order valence-electron chi connectivity index (χ0n) is 7.30. The molecule has 68 valence electrons. The van der Waals surface area contributed by atoms with Crippen molar-refractivity contribution in [2.75, 3.05) is 13.7 Å². The Balaban J connectivity index is 2.20. The summed E-state index contributed by atoms with van der Waals surface area (Å²) in [5.74, 6) is 0. The smallest absolute Gasteiger partial charge is 0.119 e. The summed E-state index contributed by atoms with van der Waals surface area (Å²) in [6, 6.07) is 2.00. The van der Waals surface area contributed by atoms with Gasteiger partial charge in [0.25, 0.3) is 0 Å². The number of aromatic nitrogens is 2. The molecule has 3 nitrogen and oxygen atoms in total. The molecule has 0 saturated carbocycles. The Bertz CT molecular complexity index is 387. The van der Waals surface area contributed by atoms with E-state index in [9.17, 15) is 0 Å². The predicted molar refractivity (Wildman–Crippen MR) is 54.0 cm³/mol. The lowest BCUT2D eigenvalue weighted by molar-refractivity contribution is 0.234. The standard InChI is InChI=1S/C9H10N2OS/c1-12-6-2-3-8-7-11-9(13-8)4-5-10-11/h2-5,7H,6H2,1H3/b3-2+. The first-order valence-corrected chi connectivity index (χ1v) is 4.80. The van der Waals surface area contributed by atoms with Crippen LogP contribution in [0.15, 0.2) is 24.5 Å². The van der Waals surface area contributed by atoms with Crippen LogP contribution in [0.1, 0.15) is 4.88 Å². The predicted octanol–water partition coefficient (Wildman–Crippen LogP) is 2.06. The van der Waals surface area contributed by atoms with Gasteiger partial charge in [-0.05, 0) is 12.1 Å². The van der Waals surface area contributed by atoms with Crippen LogP contribution in [0.5, 0.6) is 0 Å². The molecule has 0 radical (unpaired) electrons. The van der Waals surface area contributed by atoms with Gasteiger partial charge in [-0.2, -0.15) is 5.10 Å². The third-order valence-corrected chi connectivity index (χ3v) is 2.66. The fraction of sp³-hybridized carbons (Fsp3) is 0.222. The van der Waals surface area contributed by atoms with Crippen LogP contribution in [0.25, 0.3) is 10.9 Å². The Labute approximate surface area is 80.3 Å². The van der Waals surface area contributed by atoms with E-state index in [1.54, 1.807) is 24.6 Å². The Hall–Kier alpha value is -1.13. The van der Waals surface area contributed by atoms with Gasteiger partial charge in [0, 0.05) is 18.2 Å². The van der Waals surface area contributed by atoms with Crippen LogP contribution < -0.4 is 0 Å². The van der Waals surface area contributed by atoms with E-state index in [0.29, 0.717) is 6.61 Å². The topological polar surface area (TPSA) is 26.5 Å². The quantitative estimate of drug-likeness (QED) is 0.747. The summed E-state index contributed by atoms with van der Waals surface area (Å²) in [6.07, 6.45) is 7.84. The molecular weight excluding hydrogens is 184 g/mol. The number of fused-ring (bicyclic) bond motifs is 1. The maximum absolute atomic E-state index is 4.91. The van der Waals surface area contributed by atoms with E-state index in [1.807, 2.05) is 28.9 Å². The third kappa shape index (κ3) is 1.79. The highest BCUT2D eigenvalue weighted by Crippen LogP contribution is 2.17. The molecule has 0 N–H and O–H groups in total. The zero-order valence-corrected chi connectivity index (χ0v) is 8.12. The van der Waals surface area contributed by atoms with Crippen molar-refractivity contribution >= 4 is 22.2 Å². The van der Waals surface area contributed by atoms with E-state index in [-0.39, 0.29) is 0 Å². The van der Waals surface area contributed by atoms with E-state index in [1.165, 1.54) is 4.88 Å². The Morgan fingerprint density at radius 3 is 3.38 bits per heavy atom. The van der Waals surface area contributed by atoms with Crippen molar-refractivity contribution in [1.29, 1.82) is 0 Å². The summed E-state index contributed by atoms with van der Waals surface area (Å²) in [6.45, 7) is 0.653. The highest BCUT2D eigenvalue weighted by Gasteiger charge is 1.97. The van der Waals surface area contributed by atoms with Crippen LogP contribution in [0.2, 0.25) is 0 Å². The van der Waals surface area contributed by atoms with Crippen molar-refractivity contribution in [2.24, 2.45) is 0 Å². The zero-order chi connectivity index (χ0) is 9.10. The Morgan fingerprint density at radius 1 is 1.69 bits per heavy atom. The lowest BCUT2D eigenvalue weighted by Crippen LogP contribution is -1.79. The van der Waals surface area contributed by atoms with Gasteiger partial charge in [0.15, 0.2) is 0 Å². The van der Waals surface area contributed by atoms with Gasteiger partial charge < -0.3 is 4.74 Å². The molecule has 0 bridgehead atoms. The van der Waals surface area contributed by atoms with Crippen LogP contribution in [0.4, 0.5) is 0 Å². The number of hydrogen-bond donors (Lipinski definition) is 0. The van der Waals surface area contributed by atoms with Gasteiger partial charge in [0.05, 0.1) is 12.8 Å². The molecule has 13 heavy (non-hydrogen) atoms. The summed E-state index contributed by atoms with van der Waals surface area (Å²) < 4.78 is 6.79. The average Bonchev–Trinajstić information content (AvgIpc) is 2.64. The van der Waals surface area contributed by atoms with Gasteiger partial charge in [0.1, 0.15) is 4.83 Å². The van der Waals surface area contributed by atoms with E-state index >= 15 is 0 Å². The third-order valence-electron chi connectivity index (χ3n) is 1.65. The first-order chi connectivity index (χ1) is 6.40. The molecule has 0 spiro atoms. The van der Waals surface area contributed by atoms with Crippen molar-refractivity contribution < 1.29 is 4.74 Å². The van der Waals surface area contributed by atoms with E-state index in [0.717, 1.165) is 4.83 Å². The van der Waals surface area contributed by atoms with Crippen LogP contribution in [0.3, 0.4) is 0 Å². The first-order valence-electron chi connectivity index (χ1n) is 3.99. The van der Waals surface area contributed by atoms with Crippen LogP contribution in [-0.2, 0) is 4.74 Å². The van der Waals surface area contributed by atoms with Crippen molar-refractivity contribution in [2.45, 2.75) is 0 Å². The molecule has 2 aromatic rings. The van der Waals surface area contributed by atoms with Gasteiger partial charge in [-0.15, -0.1) is 11.3 Å². The second-order valence-electron chi connectivity index (χ2n) is 2.61. The van der Waals surface area contributed by atoms with Crippen molar-refractivity contribution in [1.82, 2.24) is 9.61 Å². The van der Waals surface area contributed by atoms with Crippen LogP contribution in [0, 0.1) is 0 Å². The maximum atomic E-state index is 4.91. The lowest BCUT2D eigenvalue weighted by Gasteiger charge is -1.85. The summed E-state index contributed by atoms with van der Waals surface area (Å²) in [4.78, 5) is 2.36. The van der Waals surface area contributed by atoms with Crippen LogP contribution in [-0.4, -0.2) is 23.3 Å². The van der Waals surface area contributed by atoms with Crippen molar-refractivity contribution in [3.63, 3.8) is 0 Å². The number of ether oxygens (including phenoxy) is 1. The molecule has 0 unspecified atom stereocenters. The largest absolute Gasteiger partial charge is 0.381 e. The first kappa shape index (κ1) is 8.47. The molecule has 2 heterocycles. The molecule has 0 atom stereocenters. The summed E-state index contributed by atoms with van der Waals surface area (Å²) in [5, 5.41) is 4.13. The summed E-state index contributed by atoms with van der Waals surface area (Å²) >= 11 is 1.71. The normalized spacial score (nSPS) is 11.8. The second kappa shape index (κ2) is 3.72. The summed E-state index contributed by atoms with van der Waals surface area (Å²) in [7, 11) is 1.69. The van der Waals surface area contributed by atoms with Gasteiger partial charge in [-0.25, -0.2) is 4.52 Å². The monoisotopic (exact) mass is 194 g/mol. The molecule has 0 aliphatic carbocycles. The summed E-state index contributed by atoms with van der Waals surface area (Å²) in [5.41, 5.74) is 0. The minimum atomic E-state index is 0.653. The molecule has 4 heteroatoms. The van der Waals surface area contributed by atoms with Gasteiger partial charge in [-0.1, -0.05) is 6.08 Å². The average molecular weight is 194 g/mol. The van der Waals surface area contributed by atoms with E-state index in [2.05, 4.69) is 5.10 Å². The molecule has 0 amide bonds. The number of methoxy groups -OCH3 is 1. The Morgan fingerprint density at radius 2 is 2.62 bits per heavy atom. The SMILES string of the molecule is COC/C=C/c1cn2nccc2s1. The number of thiazole rings is 1. The van der Waals surface area contributed by atoms with Gasteiger partial charge in [-0.3, -0.25) is 0 Å². The molecule has 0 aliphatic rings. The highest BCUT2D eigenvalue weighted by molar-refractivity contribution is 7.18. The fourth-order valence-electron chi connectivity index (χ4n) is 1.09. The van der Waals surface area contributed by atoms with Crippen molar-refractivity contribution in [3.8, 4) is 0 Å². The molecule has 0 saturated heterocycles. The molecule has 2 aromatic heterocycles. The molecular formula is C9H10N2OS. The number of rotatable bonds is 3. The van der Waals surface area contributed by atoms with Crippen molar-refractivity contribution in [3.05, 3.63) is 29.4 Å². The lowest BCUT2D eigenvalue weighted by atomic mass is 10.4. The minimum Gasteiger partial charge on any atom is -0.381 e. The molecule has 0 aliphatic heterocycles. The highest BCUT2D eigenvalue weighted by atomic mass is 32.1.